The molecular weight excluding hydrogens is 262 g/mol. The van der Waals surface area contributed by atoms with Crippen molar-refractivity contribution in [1.82, 2.24) is 19.5 Å². The van der Waals surface area contributed by atoms with Crippen LogP contribution in [0.1, 0.15) is 56.4 Å². The predicted octanol–water partition coefficient (Wildman–Crippen LogP) is 2.73. The fraction of sp³-hybridized carbons (Fsp3) is 0.562. The van der Waals surface area contributed by atoms with Crippen molar-refractivity contribution in [3.63, 3.8) is 0 Å². The summed E-state index contributed by atoms with van der Waals surface area (Å²) in [5.74, 6) is 2.21. The number of nitrogens with zero attached hydrogens (tertiary/aromatic N) is 4. The molecule has 21 heavy (non-hydrogen) atoms. The molecule has 2 aromatic rings. The van der Waals surface area contributed by atoms with Crippen molar-refractivity contribution in [3.8, 4) is 5.82 Å². The average Bonchev–Trinajstić information content (AvgIpc) is 2.84. The van der Waals surface area contributed by atoms with Gasteiger partial charge >= 0.3 is 0 Å². The lowest BCUT2D eigenvalue weighted by molar-refractivity contribution is 0.542. The number of imidazole rings is 1. The minimum atomic E-state index is -0.128. The van der Waals surface area contributed by atoms with E-state index in [0.717, 1.165) is 30.0 Å². The minimum absolute atomic E-state index is 0.128. The van der Waals surface area contributed by atoms with Crippen LogP contribution in [0.15, 0.2) is 6.33 Å². The zero-order chi connectivity index (χ0) is 15.2. The first kappa shape index (κ1) is 14.0. The highest BCUT2D eigenvalue weighted by Gasteiger charge is 2.23. The van der Waals surface area contributed by atoms with Crippen LogP contribution in [0.25, 0.3) is 5.82 Å². The lowest BCUT2D eigenvalue weighted by Crippen LogP contribution is -2.20. The molecule has 0 atom stereocenters. The van der Waals surface area contributed by atoms with Crippen molar-refractivity contribution in [1.29, 1.82) is 0 Å². The van der Waals surface area contributed by atoms with Gasteiger partial charge in [0.05, 0.1) is 5.69 Å². The zero-order valence-electron chi connectivity index (χ0n) is 13.3. The van der Waals surface area contributed by atoms with Crippen LogP contribution < -0.4 is 5.73 Å². The fourth-order valence-electron chi connectivity index (χ4n) is 2.74. The number of aryl methyl sites for hydroxylation is 1. The topological polar surface area (TPSA) is 69.6 Å². The van der Waals surface area contributed by atoms with Crippen LogP contribution in [0.3, 0.4) is 0 Å². The Morgan fingerprint density at radius 3 is 2.57 bits per heavy atom. The standard InChI is InChI=1S/C16H23N5/c1-10-13(17)19-15(16(2,3)4)20-14(10)21-9-18-11-7-5-6-8-12(11)21/h9H,5-8H2,1-4H3,(H2,17,19,20). The molecular formula is C16H23N5. The Hall–Kier alpha value is -1.91. The third-order valence-electron chi connectivity index (χ3n) is 4.09. The molecule has 2 N–H and O–H groups in total. The Morgan fingerprint density at radius 1 is 1.14 bits per heavy atom. The molecule has 0 saturated carbocycles. The molecule has 2 heterocycles. The number of fused-ring (bicyclic) bond motifs is 1. The second kappa shape index (κ2) is 4.83. The van der Waals surface area contributed by atoms with Gasteiger partial charge in [0.2, 0.25) is 0 Å². The highest BCUT2D eigenvalue weighted by Crippen LogP contribution is 2.27. The summed E-state index contributed by atoms with van der Waals surface area (Å²) in [6.07, 6.45) is 6.45. The number of anilines is 1. The van der Waals surface area contributed by atoms with E-state index in [9.17, 15) is 0 Å². The van der Waals surface area contributed by atoms with Gasteiger partial charge in [-0.3, -0.25) is 4.57 Å². The molecule has 0 saturated heterocycles. The lowest BCUT2D eigenvalue weighted by atomic mass is 9.95. The molecule has 1 aliphatic carbocycles. The van der Waals surface area contributed by atoms with Gasteiger partial charge in [-0.25, -0.2) is 15.0 Å². The first-order valence-corrected chi connectivity index (χ1v) is 7.58. The number of nitrogens with two attached hydrogens (primary N) is 1. The highest BCUT2D eigenvalue weighted by atomic mass is 15.2. The van der Waals surface area contributed by atoms with Gasteiger partial charge < -0.3 is 5.73 Å². The Kier molecular flexibility index (Phi) is 3.23. The van der Waals surface area contributed by atoms with Crippen LogP contribution in [-0.4, -0.2) is 19.5 Å². The fourth-order valence-corrected chi connectivity index (χ4v) is 2.74. The molecule has 0 amide bonds. The molecule has 3 rings (SSSR count). The lowest BCUT2D eigenvalue weighted by Gasteiger charge is -2.21. The largest absolute Gasteiger partial charge is 0.383 e. The van der Waals surface area contributed by atoms with Crippen molar-refractivity contribution >= 4 is 5.82 Å². The molecule has 0 aliphatic heterocycles. The van der Waals surface area contributed by atoms with Crippen molar-refractivity contribution < 1.29 is 0 Å². The number of nitrogen functional groups attached to an aromatic ring is 1. The summed E-state index contributed by atoms with van der Waals surface area (Å²) in [4.78, 5) is 13.8. The van der Waals surface area contributed by atoms with Crippen molar-refractivity contribution in [3.05, 3.63) is 29.1 Å². The Balaban J connectivity index is 2.18. The number of aromatic nitrogens is 4. The van der Waals surface area contributed by atoms with E-state index in [1.54, 1.807) is 0 Å². The summed E-state index contributed by atoms with van der Waals surface area (Å²) >= 11 is 0. The monoisotopic (exact) mass is 285 g/mol. The van der Waals surface area contributed by atoms with E-state index in [0.29, 0.717) is 5.82 Å². The second-order valence-corrected chi connectivity index (χ2v) is 6.85. The first-order valence-electron chi connectivity index (χ1n) is 7.58. The van der Waals surface area contributed by atoms with Gasteiger partial charge in [0.15, 0.2) is 0 Å². The molecule has 0 unspecified atom stereocenters. The zero-order valence-corrected chi connectivity index (χ0v) is 13.3. The minimum Gasteiger partial charge on any atom is -0.383 e. The summed E-state index contributed by atoms with van der Waals surface area (Å²) in [6, 6.07) is 0. The summed E-state index contributed by atoms with van der Waals surface area (Å²) in [7, 11) is 0. The van der Waals surface area contributed by atoms with E-state index in [1.165, 1.54) is 24.2 Å². The molecule has 0 aromatic carbocycles. The van der Waals surface area contributed by atoms with Crippen LogP contribution in [0.2, 0.25) is 0 Å². The van der Waals surface area contributed by atoms with Gasteiger partial charge in [0.1, 0.15) is 23.8 Å². The predicted molar refractivity (Wildman–Crippen MR) is 83.6 cm³/mol. The molecule has 0 bridgehead atoms. The van der Waals surface area contributed by atoms with Gasteiger partial charge in [-0.1, -0.05) is 20.8 Å². The van der Waals surface area contributed by atoms with Crippen LogP contribution in [-0.2, 0) is 18.3 Å². The van der Waals surface area contributed by atoms with E-state index in [-0.39, 0.29) is 5.41 Å². The Labute approximate surface area is 125 Å². The maximum absolute atomic E-state index is 6.12. The molecule has 0 fully saturated rings. The molecule has 5 heteroatoms. The number of rotatable bonds is 1. The van der Waals surface area contributed by atoms with Crippen molar-refractivity contribution in [2.75, 3.05) is 5.73 Å². The molecule has 0 spiro atoms. The molecule has 112 valence electrons. The third kappa shape index (κ3) is 2.41. The van der Waals surface area contributed by atoms with Gasteiger partial charge in [-0.2, -0.15) is 0 Å². The highest BCUT2D eigenvalue weighted by molar-refractivity contribution is 5.50. The van der Waals surface area contributed by atoms with Gasteiger partial charge in [-0.05, 0) is 32.6 Å². The van der Waals surface area contributed by atoms with Crippen LogP contribution in [0, 0.1) is 6.92 Å². The van der Waals surface area contributed by atoms with E-state index >= 15 is 0 Å². The van der Waals surface area contributed by atoms with Gasteiger partial charge in [-0.15, -0.1) is 0 Å². The summed E-state index contributed by atoms with van der Waals surface area (Å²) in [5, 5.41) is 0. The maximum Gasteiger partial charge on any atom is 0.146 e. The normalized spacial score (nSPS) is 15.0. The van der Waals surface area contributed by atoms with E-state index in [1.807, 2.05) is 13.3 Å². The molecule has 5 nitrogen and oxygen atoms in total. The van der Waals surface area contributed by atoms with E-state index < -0.39 is 0 Å². The molecule has 1 aliphatic rings. The number of hydrogen-bond acceptors (Lipinski definition) is 4. The maximum atomic E-state index is 6.12. The Bertz CT molecular complexity index is 679. The number of hydrogen-bond donors (Lipinski definition) is 1. The summed E-state index contributed by atoms with van der Waals surface area (Å²) < 4.78 is 2.11. The summed E-state index contributed by atoms with van der Waals surface area (Å²) in [5.41, 5.74) is 9.40. The third-order valence-corrected chi connectivity index (χ3v) is 4.09. The summed E-state index contributed by atoms with van der Waals surface area (Å²) in [6.45, 7) is 8.28. The average molecular weight is 285 g/mol. The van der Waals surface area contributed by atoms with Crippen LogP contribution in [0.4, 0.5) is 5.82 Å². The van der Waals surface area contributed by atoms with Crippen LogP contribution in [0.5, 0.6) is 0 Å². The smallest absolute Gasteiger partial charge is 0.146 e. The van der Waals surface area contributed by atoms with Gasteiger partial charge in [0, 0.05) is 16.7 Å². The van der Waals surface area contributed by atoms with Crippen molar-refractivity contribution in [2.24, 2.45) is 0 Å². The molecule has 0 radical (unpaired) electrons. The second-order valence-electron chi connectivity index (χ2n) is 6.85. The van der Waals surface area contributed by atoms with Crippen molar-refractivity contribution in [2.45, 2.75) is 58.8 Å². The van der Waals surface area contributed by atoms with Crippen LogP contribution >= 0.6 is 0 Å². The molecule has 2 aromatic heterocycles. The van der Waals surface area contributed by atoms with Gasteiger partial charge in [0.25, 0.3) is 0 Å². The van der Waals surface area contributed by atoms with E-state index in [4.69, 9.17) is 10.7 Å². The van der Waals surface area contributed by atoms with E-state index in [2.05, 4.69) is 35.3 Å². The quantitative estimate of drug-likeness (QED) is 0.874. The Morgan fingerprint density at radius 2 is 1.86 bits per heavy atom. The first-order chi connectivity index (χ1) is 9.88. The SMILES string of the molecule is Cc1c(N)nc(C(C)(C)C)nc1-n1cnc2c1CCCC2.